The maximum atomic E-state index is 13.4. The highest BCUT2D eigenvalue weighted by Crippen LogP contribution is 2.25. The number of rotatable bonds is 7. The summed E-state index contributed by atoms with van der Waals surface area (Å²) in [5, 5.41) is 4.13. The van der Waals surface area contributed by atoms with Crippen molar-refractivity contribution in [2.45, 2.75) is 25.7 Å². The highest BCUT2D eigenvalue weighted by Gasteiger charge is 2.27. The van der Waals surface area contributed by atoms with Crippen molar-refractivity contribution in [2.75, 3.05) is 10.8 Å². The van der Waals surface area contributed by atoms with Crippen LogP contribution in [0.4, 0.5) is 5.69 Å². The number of nitrogens with one attached hydrogen (secondary N) is 1. The molecule has 7 heteroatoms. The molecule has 0 saturated carbocycles. The summed E-state index contributed by atoms with van der Waals surface area (Å²) in [6.07, 6.45) is 0. The second-order valence-corrected chi connectivity index (χ2v) is 9.13. The maximum absolute atomic E-state index is 13.4. The summed E-state index contributed by atoms with van der Waals surface area (Å²) >= 11 is 0. The largest absolute Gasteiger partial charge is 0.271 e. The number of sulfonamides is 1. The average Bonchev–Trinajstić information content (AvgIpc) is 2.76. The van der Waals surface area contributed by atoms with Crippen LogP contribution >= 0.6 is 0 Å². The molecular weight excluding hydrogens is 410 g/mol. The Labute approximate surface area is 183 Å². The van der Waals surface area contributed by atoms with Crippen LogP contribution in [0.15, 0.2) is 88.9 Å². The van der Waals surface area contributed by atoms with Gasteiger partial charge in [-0.2, -0.15) is 5.10 Å². The second kappa shape index (κ2) is 9.57. The third-order valence-electron chi connectivity index (χ3n) is 4.65. The van der Waals surface area contributed by atoms with E-state index < -0.39 is 22.5 Å². The van der Waals surface area contributed by atoms with Gasteiger partial charge in [-0.05, 0) is 61.7 Å². The zero-order valence-electron chi connectivity index (χ0n) is 17.7. The molecule has 3 aromatic carbocycles. The first kappa shape index (κ1) is 22.2. The van der Waals surface area contributed by atoms with Gasteiger partial charge in [0.1, 0.15) is 6.54 Å². The zero-order chi connectivity index (χ0) is 22.4. The molecule has 0 fully saturated rings. The lowest BCUT2D eigenvalue weighted by Gasteiger charge is -2.24. The SMILES string of the molecule is C/C(=N/NC(=O)CN(c1cc(C)cc(C)c1)S(=O)(=O)c1ccccc1)c1ccccc1. The lowest BCUT2D eigenvalue weighted by atomic mass is 10.1. The zero-order valence-corrected chi connectivity index (χ0v) is 18.6. The van der Waals surface area contributed by atoms with Gasteiger partial charge in [-0.3, -0.25) is 9.10 Å². The topological polar surface area (TPSA) is 78.8 Å². The molecule has 0 radical (unpaired) electrons. The molecule has 1 amide bonds. The smallest absolute Gasteiger partial charge is 0.264 e. The minimum absolute atomic E-state index is 0.117. The highest BCUT2D eigenvalue weighted by molar-refractivity contribution is 7.92. The standard InChI is InChI=1S/C24H25N3O3S/c1-18-14-19(2)16-22(15-18)27(31(29,30)23-12-8-5-9-13-23)17-24(28)26-25-20(3)21-10-6-4-7-11-21/h4-16H,17H2,1-3H3,(H,26,28)/b25-20-. The molecule has 0 aliphatic heterocycles. The van der Waals surface area contributed by atoms with Crippen molar-refractivity contribution < 1.29 is 13.2 Å². The number of benzene rings is 3. The Morgan fingerprint density at radius 3 is 2.03 bits per heavy atom. The Hall–Kier alpha value is -3.45. The Kier molecular flexibility index (Phi) is 6.87. The number of carbonyl (C=O) groups is 1. The van der Waals surface area contributed by atoms with Crippen LogP contribution in [0.25, 0.3) is 0 Å². The van der Waals surface area contributed by atoms with E-state index in [4.69, 9.17) is 0 Å². The van der Waals surface area contributed by atoms with Crippen LogP contribution in [-0.4, -0.2) is 26.6 Å². The van der Waals surface area contributed by atoms with Crippen LogP contribution in [0.3, 0.4) is 0 Å². The molecule has 0 spiro atoms. The summed E-state index contributed by atoms with van der Waals surface area (Å²) in [7, 11) is -3.95. The monoisotopic (exact) mass is 435 g/mol. The van der Waals surface area contributed by atoms with E-state index in [-0.39, 0.29) is 4.90 Å². The normalized spacial score (nSPS) is 11.8. The molecule has 0 aliphatic carbocycles. The van der Waals surface area contributed by atoms with E-state index in [0.717, 1.165) is 21.0 Å². The van der Waals surface area contributed by atoms with E-state index in [0.29, 0.717) is 11.4 Å². The molecule has 160 valence electrons. The van der Waals surface area contributed by atoms with Crippen molar-refractivity contribution in [1.82, 2.24) is 5.43 Å². The highest BCUT2D eigenvalue weighted by atomic mass is 32.2. The molecule has 0 heterocycles. The second-order valence-electron chi connectivity index (χ2n) is 7.27. The fraction of sp³-hybridized carbons (Fsp3) is 0.167. The van der Waals surface area contributed by atoms with Crippen molar-refractivity contribution in [3.05, 3.63) is 95.6 Å². The van der Waals surface area contributed by atoms with Crippen LogP contribution in [0.5, 0.6) is 0 Å². The molecule has 3 rings (SSSR count). The summed E-state index contributed by atoms with van der Waals surface area (Å²) in [6, 6.07) is 22.9. The van der Waals surface area contributed by atoms with Crippen LogP contribution in [-0.2, 0) is 14.8 Å². The molecule has 1 N–H and O–H groups in total. The summed E-state index contributed by atoms with van der Waals surface area (Å²) in [5.74, 6) is -0.533. The summed E-state index contributed by atoms with van der Waals surface area (Å²) in [4.78, 5) is 12.8. The van der Waals surface area contributed by atoms with Crippen molar-refractivity contribution in [3.8, 4) is 0 Å². The van der Waals surface area contributed by atoms with Crippen molar-refractivity contribution >= 4 is 27.3 Å². The van der Waals surface area contributed by atoms with Crippen molar-refractivity contribution in [1.29, 1.82) is 0 Å². The van der Waals surface area contributed by atoms with Crippen molar-refractivity contribution in [3.63, 3.8) is 0 Å². The quantitative estimate of drug-likeness (QED) is 0.449. The van der Waals surface area contributed by atoms with Gasteiger partial charge in [-0.25, -0.2) is 13.8 Å². The molecule has 0 aliphatic rings. The number of hydrogen-bond acceptors (Lipinski definition) is 4. The van der Waals surface area contributed by atoms with Gasteiger partial charge in [-0.1, -0.05) is 54.6 Å². The molecule has 0 unspecified atom stereocenters. The van der Waals surface area contributed by atoms with E-state index >= 15 is 0 Å². The number of hydrazone groups is 1. The summed E-state index contributed by atoms with van der Waals surface area (Å²) < 4.78 is 27.8. The minimum Gasteiger partial charge on any atom is -0.271 e. The van der Waals surface area contributed by atoms with E-state index in [1.807, 2.05) is 50.2 Å². The Morgan fingerprint density at radius 1 is 0.903 bits per heavy atom. The first-order chi connectivity index (χ1) is 14.8. The maximum Gasteiger partial charge on any atom is 0.264 e. The molecule has 0 atom stereocenters. The lowest BCUT2D eigenvalue weighted by Crippen LogP contribution is -2.39. The Balaban J connectivity index is 1.91. The van der Waals surface area contributed by atoms with Gasteiger partial charge in [0.15, 0.2) is 0 Å². The molecule has 3 aromatic rings. The summed E-state index contributed by atoms with van der Waals surface area (Å²) in [6.45, 7) is 5.15. The predicted octanol–water partition coefficient (Wildman–Crippen LogP) is 4.04. The number of nitrogens with zero attached hydrogens (tertiary/aromatic N) is 2. The number of hydrogen-bond donors (Lipinski definition) is 1. The van der Waals surface area contributed by atoms with Gasteiger partial charge in [0.25, 0.3) is 15.9 Å². The minimum atomic E-state index is -3.95. The van der Waals surface area contributed by atoms with Gasteiger partial charge < -0.3 is 0 Å². The molecule has 6 nitrogen and oxygen atoms in total. The first-order valence-corrected chi connectivity index (χ1v) is 11.3. The fourth-order valence-electron chi connectivity index (χ4n) is 3.19. The average molecular weight is 436 g/mol. The number of amides is 1. The van der Waals surface area contributed by atoms with Crippen LogP contribution in [0.1, 0.15) is 23.6 Å². The molecule has 0 saturated heterocycles. The van der Waals surface area contributed by atoms with Crippen molar-refractivity contribution in [2.24, 2.45) is 5.10 Å². The first-order valence-electron chi connectivity index (χ1n) is 9.82. The molecular formula is C24H25N3O3S. The van der Waals surface area contributed by atoms with Gasteiger partial charge in [-0.15, -0.1) is 0 Å². The van der Waals surface area contributed by atoms with E-state index in [1.165, 1.54) is 12.1 Å². The number of aryl methyl sites for hydroxylation is 2. The van der Waals surface area contributed by atoms with E-state index in [2.05, 4.69) is 10.5 Å². The van der Waals surface area contributed by atoms with E-state index in [1.54, 1.807) is 37.3 Å². The molecule has 0 bridgehead atoms. The van der Waals surface area contributed by atoms with Gasteiger partial charge in [0.05, 0.1) is 16.3 Å². The van der Waals surface area contributed by atoms with Gasteiger partial charge in [0.2, 0.25) is 0 Å². The van der Waals surface area contributed by atoms with Crippen LogP contribution in [0.2, 0.25) is 0 Å². The van der Waals surface area contributed by atoms with Gasteiger partial charge in [0, 0.05) is 0 Å². The predicted molar refractivity (Wildman–Crippen MR) is 124 cm³/mol. The number of carbonyl (C=O) groups excluding carboxylic acids is 1. The Bertz CT molecular complexity index is 1170. The fourth-order valence-corrected chi connectivity index (χ4v) is 4.61. The third kappa shape index (κ3) is 5.58. The van der Waals surface area contributed by atoms with Crippen LogP contribution in [0, 0.1) is 13.8 Å². The number of anilines is 1. The van der Waals surface area contributed by atoms with E-state index in [9.17, 15) is 13.2 Å². The lowest BCUT2D eigenvalue weighted by molar-refractivity contribution is -0.119. The molecule has 0 aromatic heterocycles. The van der Waals surface area contributed by atoms with Crippen LogP contribution < -0.4 is 9.73 Å². The molecule has 31 heavy (non-hydrogen) atoms. The Morgan fingerprint density at radius 2 is 1.45 bits per heavy atom. The third-order valence-corrected chi connectivity index (χ3v) is 6.44. The summed E-state index contributed by atoms with van der Waals surface area (Å²) in [5.41, 5.74) is 6.21. The van der Waals surface area contributed by atoms with Gasteiger partial charge >= 0.3 is 0 Å².